The summed E-state index contributed by atoms with van der Waals surface area (Å²) in [5.41, 5.74) is 2.45. The van der Waals surface area contributed by atoms with E-state index >= 15 is 0 Å². The van der Waals surface area contributed by atoms with Gasteiger partial charge in [0.25, 0.3) is 0 Å². The minimum atomic E-state index is 0.0279. The van der Waals surface area contributed by atoms with E-state index in [1.807, 2.05) is 0 Å². The predicted molar refractivity (Wildman–Crippen MR) is 104 cm³/mol. The van der Waals surface area contributed by atoms with E-state index in [4.69, 9.17) is 0 Å². The van der Waals surface area contributed by atoms with Crippen molar-refractivity contribution in [1.82, 2.24) is 15.5 Å². The van der Waals surface area contributed by atoms with Crippen LogP contribution in [0, 0.1) is 6.92 Å². The molecule has 0 heterocycles. The summed E-state index contributed by atoms with van der Waals surface area (Å²) in [4.78, 5) is 19.2. The lowest BCUT2D eigenvalue weighted by atomic mass is 10.1. The Morgan fingerprint density at radius 2 is 2.04 bits per heavy atom. The van der Waals surface area contributed by atoms with Crippen LogP contribution < -0.4 is 10.6 Å². The van der Waals surface area contributed by atoms with E-state index in [1.54, 1.807) is 30.8 Å². The summed E-state index contributed by atoms with van der Waals surface area (Å²) < 4.78 is 0. The largest absolute Gasteiger partial charge is 0.356 e. The van der Waals surface area contributed by atoms with Crippen LogP contribution in [0.15, 0.2) is 28.1 Å². The second-order valence-electron chi connectivity index (χ2n) is 5.90. The number of aliphatic imine (C=N–C) groups is 1. The first-order valence-electron chi connectivity index (χ1n) is 8.33. The summed E-state index contributed by atoms with van der Waals surface area (Å²) in [6.45, 7) is 5.93. The van der Waals surface area contributed by atoms with Crippen molar-refractivity contribution in [1.29, 1.82) is 0 Å². The van der Waals surface area contributed by atoms with Crippen LogP contribution in [0.5, 0.6) is 0 Å². The first-order valence-corrected chi connectivity index (χ1v) is 9.56. The highest BCUT2D eigenvalue weighted by Gasteiger charge is 2.07. The molecule has 0 aromatic heterocycles. The van der Waals surface area contributed by atoms with Gasteiger partial charge in [0, 0.05) is 25.5 Å². The molecule has 5 nitrogen and oxygen atoms in total. The van der Waals surface area contributed by atoms with Crippen molar-refractivity contribution in [2.45, 2.75) is 38.1 Å². The smallest absolute Gasteiger partial charge is 0.241 e. The molecule has 24 heavy (non-hydrogen) atoms. The van der Waals surface area contributed by atoms with Gasteiger partial charge in [-0.05, 0) is 36.8 Å². The van der Waals surface area contributed by atoms with E-state index in [0.717, 1.165) is 19.4 Å². The third kappa shape index (κ3) is 7.25. The molecule has 0 aliphatic rings. The molecule has 0 fully saturated rings. The van der Waals surface area contributed by atoms with Crippen LogP contribution >= 0.6 is 11.8 Å². The number of guanidine groups is 1. The summed E-state index contributed by atoms with van der Waals surface area (Å²) in [5, 5.41) is 6.42. The number of nitrogens with zero attached hydrogens (tertiary/aromatic N) is 2. The summed E-state index contributed by atoms with van der Waals surface area (Å²) in [6.07, 6.45) is 4.27. The van der Waals surface area contributed by atoms with Crippen LogP contribution in [0.1, 0.15) is 30.9 Å². The lowest BCUT2D eigenvalue weighted by Gasteiger charge is -2.15. The van der Waals surface area contributed by atoms with Gasteiger partial charge in [0.05, 0.1) is 13.1 Å². The number of rotatable bonds is 8. The molecule has 1 aromatic carbocycles. The number of unbranched alkanes of at least 4 members (excludes halogenated alkanes) is 1. The van der Waals surface area contributed by atoms with Crippen molar-refractivity contribution in [2.24, 2.45) is 4.99 Å². The average molecular weight is 351 g/mol. The van der Waals surface area contributed by atoms with Gasteiger partial charge >= 0.3 is 0 Å². The molecule has 0 aliphatic heterocycles. The van der Waals surface area contributed by atoms with Crippen LogP contribution in [0.25, 0.3) is 0 Å². The van der Waals surface area contributed by atoms with Crippen molar-refractivity contribution < 1.29 is 4.79 Å². The van der Waals surface area contributed by atoms with E-state index in [2.05, 4.69) is 53.9 Å². The lowest BCUT2D eigenvalue weighted by molar-refractivity contribution is -0.127. The summed E-state index contributed by atoms with van der Waals surface area (Å²) in [6, 6.07) is 6.42. The Morgan fingerprint density at radius 3 is 2.67 bits per heavy atom. The molecule has 2 N–H and O–H groups in total. The maximum absolute atomic E-state index is 11.8. The Balaban J connectivity index is 2.77. The molecular formula is C18H30N4OS. The van der Waals surface area contributed by atoms with E-state index < -0.39 is 0 Å². The zero-order chi connectivity index (χ0) is 17.9. The molecule has 0 saturated heterocycles. The van der Waals surface area contributed by atoms with Gasteiger partial charge in [-0.25, -0.2) is 4.99 Å². The minimum absolute atomic E-state index is 0.0279. The summed E-state index contributed by atoms with van der Waals surface area (Å²) >= 11 is 1.73. The predicted octanol–water partition coefficient (Wildman–Crippen LogP) is 2.64. The number of carbonyl (C=O) groups is 1. The van der Waals surface area contributed by atoms with Crippen molar-refractivity contribution in [3.63, 3.8) is 0 Å². The lowest BCUT2D eigenvalue weighted by Crippen LogP contribution is -2.43. The third-order valence-corrected chi connectivity index (χ3v) is 4.40. The first-order chi connectivity index (χ1) is 11.5. The maximum Gasteiger partial charge on any atom is 0.241 e. The topological polar surface area (TPSA) is 56.7 Å². The number of benzene rings is 1. The number of amides is 1. The van der Waals surface area contributed by atoms with Gasteiger partial charge < -0.3 is 15.5 Å². The van der Waals surface area contributed by atoms with E-state index in [1.165, 1.54) is 16.0 Å². The number of thioether (sulfide) groups is 1. The average Bonchev–Trinajstić information content (AvgIpc) is 2.57. The number of likely N-dealkylation sites (N-methyl/N-ethyl adjacent to an activating group) is 1. The molecule has 1 rings (SSSR count). The van der Waals surface area contributed by atoms with Gasteiger partial charge in [0.2, 0.25) is 5.91 Å². The van der Waals surface area contributed by atoms with E-state index in [0.29, 0.717) is 12.5 Å². The number of aryl methyl sites for hydroxylation is 1. The zero-order valence-electron chi connectivity index (χ0n) is 15.5. The van der Waals surface area contributed by atoms with E-state index in [9.17, 15) is 4.79 Å². The summed E-state index contributed by atoms with van der Waals surface area (Å²) in [5.74, 6) is 0.714. The fraction of sp³-hybridized carbons (Fsp3) is 0.556. The number of carbonyl (C=O) groups excluding carboxylic acids is 1. The molecular weight excluding hydrogens is 320 g/mol. The maximum atomic E-state index is 11.8. The Hall–Kier alpha value is -1.69. The van der Waals surface area contributed by atoms with Gasteiger partial charge in [-0.3, -0.25) is 4.79 Å². The highest BCUT2D eigenvalue weighted by Crippen LogP contribution is 2.22. The number of nitrogens with one attached hydrogen (secondary N) is 2. The normalized spacial score (nSPS) is 11.3. The molecule has 6 heteroatoms. The minimum Gasteiger partial charge on any atom is -0.356 e. The SMILES string of the molecule is CCCCNC(=NCc1ccc(C)cc1SC)NCC(=O)N(C)C. The second-order valence-corrected chi connectivity index (χ2v) is 6.75. The van der Waals surface area contributed by atoms with Gasteiger partial charge in [0.1, 0.15) is 0 Å². The fourth-order valence-corrected chi connectivity index (χ4v) is 2.72. The molecule has 134 valence electrons. The quantitative estimate of drug-likeness (QED) is 0.327. The van der Waals surface area contributed by atoms with Crippen molar-refractivity contribution in [3.8, 4) is 0 Å². The molecule has 1 amide bonds. The number of hydrogen-bond acceptors (Lipinski definition) is 3. The van der Waals surface area contributed by atoms with Gasteiger partial charge in [-0.15, -0.1) is 11.8 Å². The third-order valence-electron chi connectivity index (χ3n) is 3.58. The molecule has 0 unspecified atom stereocenters. The van der Waals surface area contributed by atoms with Crippen molar-refractivity contribution >= 4 is 23.6 Å². The second kappa shape index (κ2) is 11.0. The molecule has 0 aliphatic carbocycles. The highest BCUT2D eigenvalue weighted by molar-refractivity contribution is 7.98. The Labute approximate surface area is 150 Å². The molecule has 1 aromatic rings. The van der Waals surface area contributed by atoms with Crippen LogP contribution in [0.3, 0.4) is 0 Å². The van der Waals surface area contributed by atoms with E-state index in [-0.39, 0.29) is 12.5 Å². The molecule has 0 spiro atoms. The molecule has 0 atom stereocenters. The summed E-state index contributed by atoms with van der Waals surface area (Å²) in [7, 11) is 3.50. The van der Waals surface area contributed by atoms with Crippen LogP contribution in [0.2, 0.25) is 0 Å². The highest BCUT2D eigenvalue weighted by atomic mass is 32.2. The van der Waals surface area contributed by atoms with Crippen LogP contribution in [0.4, 0.5) is 0 Å². The Morgan fingerprint density at radius 1 is 1.29 bits per heavy atom. The standard InChI is InChI=1S/C18H30N4OS/c1-6-7-10-19-18(21-13-17(23)22(3)4)20-12-15-9-8-14(2)11-16(15)24-5/h8-9,11H,6-7,10,12-13H2,1-5H3,(H2,19,20,21). The molecule has 0 radical (unpaired) electrons. The van der Waals surface area contributed by atoms with Crippen molar-refractivity contribution in [2.75, 3.05) is 33.4 Å². The molecule has 0 bridgehead atoms. The van der Waals surface area contributed by atoms with Gasteiger partial charge in [0.15, 0.2) is 5.96 Å². The first kappa shape index (κ1) is 20.4. The van der Waals surface area contributed by atoms with Crippen LogP contribution in [-0.2, 0) is 11.3 Å². The fourth-order valence-electron chi connectivity index (χ4n) is 2.02. The van der Waals surface area contributed by atoms with Gasteiger partial charge in [-0.2, -0.15) is 0 Å². The molecule has 0 saturated carbocycles. The zero-order valence-corrected chi connectivity index (χ0v) is 16.3. The Kier molecular flexibility index (Phi) is 9.30. The van der Waals surface area contributed by atoms with Gasteiger partial charge in [-0.1, -0.05) is 25.5 Å². The monoisotopic (exact) mass is 350 g/mol. The number of hydrogen-bond donors (Lipinski definition) is 2. The van der Waals surface area contributed by atoms with Crippen LogP contribution in [-0.4, -0.2) is 50.2 Å². The Bertz CT molecular complexity index is 558. The van der Waals surface area contributed by atoms with Crippen molar-refractivity contribution in [3.05, 3.63) is 29.3 Å².